The summed E-state index contributed by atoms with van der Waals surface area (Å²) < 4.78 is 89.9. The fourth-order valence-electron chi connectivity index (χ4n) is 5.01. The number of rotatable bonds is 10. The molecule has 4 aromatic carbocycles. The van der Waals surface area contributed by atoms with Crippen molar-refractivity contribution >= 4 is 11.6 Å². The van der Waals surface area contributed by atoms with Crippen LogP contribution in [0.1, 0.15) is 50.0 Å². The Bertz CT molecular complexity index is 1550. The average molecular weight is 617 g/mol. The highest BCUT2D eigenvalue weighted by atomic mass is 35.5. The highest BCUT2D eigenvalue weighted by Gasteiger charge is 2.38. The summed E-state index contributed by atoms with van der Waals surface area (Å²) in [4.78, 5) is 0. The summed E-state index contributed by atoms with van der Waals surface area (Å²) in [7, 11) is 0. The standard InChI is InChI=1S/C34H30ClF5O3/c1-2-3-4-5-21-19-41-33(42-20-21)25-9-14-28(31(37)18-25)34(39,40)43-26-11-6-22(7-12-26)23-8-13-27(30(36)16-23)24-10-15-29(35)32(38)17-24/h6-18,21,33H,2-5,19-20H2,1H3. The van der Waals surface area contributed by atoms with E-state index in [-0.39, 0.29) is 22.3 Å². The molecule has 1 aliphatic heterocycles. The molecule has 0 bridgehead atoms. The normalized spacial score (nSPS) is 17.2. The van der Waals surface area contributed by atoms with Crippen LogP contribution in [0.3, 0.4) is 0 Å². The van der Waals surface area contributed by atoms with Gasteiger partial charge in [0, 0.05) is 17.0 Å². The molecule has 5 rings (SSSR count). The molecule has 4 aromatic rings. The molecule has 0 N–H and O–H groups in total. The Labute approximate surface area is 252 Å². The molecule has 226 valence electrons. The number of halogens is 6. The Hall–Kier alpha value is -3.46. The molecule has 3 nitrogen and oxygen atoms in total. The summed E-state index contributed by atoms with van der Waals surface area (Å²) >= 11 is 5.71. The van der Waals surface area contributed by atoms with Gasteiger partial charge in [0.1, 0.15) is 23.2 Å². The Morgan fingerprint density at radius 2 is 1.44 bits per heavy atom. The molecule has 0 radical (unpaired) electrons. The largest absolute Gasteiger partial charge is 0.429 e. The van der Waals surface area contributed by atoms with E-state index >= 15 is 8.78 Å². The number of alkyl halides is 2. The molecule has 1 saturated heterocycles. The maximum atomic E-state index is 15.0. The zero-order valence-corrected chi connectivity index (χ0v) is 24.2. The predicted octanol–water partition coefficient (Wildman–Crippen LogP) is 10.5. The first-order chi connectivity index (χ1) is 20.6. The van der Waals surface area contributed by atoms with Crippen LogP contribution in [0.15, 0.2) is 78.9 Å². The van der Waals surface area contributed by atoms with E-state index in [4.69, 9.17) is 25.8 Å². The number of unbranched alkanes of at least 4 members (excludes halogenated alkanes) is 2. The quantitative estimate of drug-likeness (QED) is 0.131. The van der Waals surface area contributed by atoms with Crippen LogP contribution in [0, 0.1) is 23.4 Å². The first-order valence-corrected chi connectivity index (χ1v) is 14.5. The van der Waals surface area contributed by atoms with Crippen molar-refractivity contribution in [1.82, 2.24) is 0 Å². The summed E-state index contributed by atoms with van der Waals surface area (Å²) in [6.07, 6.45) is -0.469. The molecule has 0 spiro atoms. The zero-order chi connectivity index (χ0) is 30.6. The second kappa shape index (κ2) is 13.5. The molecule has 1 fully saturated rings. The van der Waals surface area contributed by atoms with Gasteiger partial charge in [-0.1, -0.05) is 74.2 Å². The van der Waals surface area contributed by atoms with Crippen molar-refractivity contribution in [3.63, 3.8) is 0 Å². The van der Waals surface area contributed by atoms with E-state index in [1.54, 1.807) is 6.07 Å². The topological polar surface area (TPSA) is 27.7 Å². The van der Waals surface area contributed by atoms with Gasteiger partial charge in [-0.15, -0.1) is 0 Å². The lowest BCUT2D eigenvalue weighted by molar-refractivity contribution is -0.206. The average Bonchev–Trinajstić information content (AvgIpc) is 2.99. The fraction of sp³-hybridized carbons (Fsp3) is 0.294. The fourth-order valence-corrected chi connectivity index (χ4v) is 5.13. The van der Waals surface area contributed by atoms with Gasteiger partial charge in [0.15, 0.2) is 6.29 Å². The Balaban J connectivity index is 1.23. The summed E-state index contributed by atoms with van der Waals surface area (Å²) in [6, 6.07) is 17.2. The molecule has 9 heteroatoms. The Morgan fingerprint density at radius 3 is 2.09 bits per heavy atom. The minimum atomic E-state index is -3.97. The molecule has 0 aromatic heterocycles. The van der Waals surface area contributed by atoms with Crippen molar-refractivity contribution < 1.29 is 36.2 Å². The van der Waals surface area contributed by atoms with Crippen LogP contribution in [0.5, 0.6) is 5.75 Å². The monoisotopic (exact) mass is 616 g/mol. The molecule has 0 saturated carbocycles. The van der Waals surface area contributed by atoms with E-state index < -0.39 is 35.4 Å². The molecule has 43 heavy (non-hydrogen) atoms. The first kappa shape index (κ1) is 31.0. The van der Waals surface area contributed by atoms with Crippen LogP contribution in [-0.2, 0) is 15.6 Å². The van der Waals surface area contributed by atoms with E-state index in [1.165, 1.54) is 54.6 Å². The van der Waals surface area contributed by atoms with Crippen molar-refractivity contribution in [3.05, 3.63) is 112 Å². The van der Waals surface area contributed by atoms with Gasteiger partial charge < -0.3 is 14.2 Å². The number of benzene rings is 4. The third kappa shape index (κ3) is 7.37. The summed E-state index contributed by atoms with van der Waals surface area (Å²) in [6.45, 7) is 3.06. The van der Waals surface area contributed by atoms with Crippen LogP contribution in [-0.4, -0.2) is 13.2 Å². The van der Waals surface area contributed by atoms with Gasteiger partial charge in [-0.2, -0.15) is 8.78 Å². The van der Waals surface area contributed by atoms with Crippen molar-refractivity contribution in [1.29, 1.82) is 0 Å². The van der Waals surface area contributed by atoms with Crippen LogP contribution in [0.4, 0.5) is 22.0 Å². The predicted molar refractivity (Wildman–Crippen MR) is 155 cm³/mol. The molecule has 0 atom stereocenters. The number of hydrogen-bond acceptors (Lipinski definition) is 3. The van der Waals surface area contributed by atoms with E-state index in [2.05, 4.69) is 6.92 Å². The molecular formula is C34H30ClF5O3. The highest BCUT2D eigenvalue weighted by molar-refractivity contribution is 6.30. The van der Waals surface area contributed by atoms with Gasteiger partial charge in [-0.25, -0.2) is 13.2 Å². The lowest BCUT2D eigenvalue weighted by Gasteiger charge is -2.30. The SMILES string of the molecule is CCCCCC1COC(c2ccc(C(F)(F)Oc3ccc(-c4ccc(-c5ccc(Cl)c(F)c5)c(F)c4)cc3)c(F)c2)OC1. The lowest BCUT2D eigenvalue weighted by Crippen LogP contribution is -2.27. The van der Waals surface area contributed by atoms with Crippen LogP contribution in [0.2, 0.25) is 5.02 Å². The van der Waals surface area contributed by atoms with Gasteiger partial charge in [0.25, 0.3) is 0 Å². The molecule has 0 aliphatic carbocycles. The lowest BCUT2D eigenvalue weighted by atomic mass is 9.99. The maximum absolute atomic E-state index is 15.0. The van der Waals surface area contributed by atoms with Crippen molar-refractivity contribution in [2.75, 3.05) is 13.2 Å². The van der Waals surface area contributed by atoms with Crippen molar-refractivity contribution in [2.24, 2.45) is 5.92 Å². The van der Waals surface area contributed by atoms with Crippen LogP contribution >= 0.6 is 11.6 Å². The Kier molecular flexibility index (Phi) is 9.69. The minimum absolute atomic E-state index is 0.0665. The number of hydrogen-bond donors (Lipinski definition) is 0. The van der Waals surface area contributed by atoms with Crippen molar-refractivity contribution in [3.8, 4) is 28.0 Å². The van der Waals surface area contributed by atoms with Crippen LogP contribution < -0.4 is 4.74 Å². The molecule has 1 heterocycles. The van der Waals surface area contributed by atoms with Gasteiger partial charge in [0.05, 0.1) is 23.8 Å². The van der Waals surface area contributed by atoms with Gasteiger partial charge in [0.2, 0.25) is 0 Å². The van der Waals surface area contributed by atoms with E-state index in [1.807, 2.05) is 0 Å². The molecular weight excluding hydrogens is 587 g/mol. The van der Waals surface area contributed by atoms with Crippen molar-refractivity contribution in [2.45, 2.75) is 45.0 Å². The summed E-state index contributed by atoms with van der Waals surface area (Å²) in [5.41, 5.74) is 0.884. The summed E-state index contributed by atoms with van der Waals surface area (Å²) in [5, 5.41) is -0.0665. The first-order valence-electron chi connectivity index (χ1n) is 14.1. The third-order valence-corrected chi connectivity index (χ3v) is 7.70. The Morgan fingerprint density at radius 1 is 0.767 bits per heavy atom. The highest BCUT2D eigenvalue weighted by Crippen LogP contribution is 2.37. The molecule has 0 amide bonds. The smallest absolute Gasteiger partial charge is 0.429 e. The minimum Gasteiger partial charge on any atom is -0.429 e. The maximum Gasteiger partial charge on any atom is 0.429 e. The third-order valence-electron chi connectivity index (χ3n) is 7.39. The van der Waals surface area contributed by atoms with E-state index in [0.29, 0.717) is 35.5 Å². The second-order valence-corrected chi connectivity index (χ2v) is 11.0. The van der Waals surface area contributed by atoms with Gasteiger partial charge in [-0.05, 0) is 65.6 Å². The van der Waals surface area contributed by atoms with Gasteiger partial charge in [-0.3, -0.25) is 0 Å². The number of ether oxygens (including phenoxy) is 3. The van der Waals surface area contributed by atoms with E-state index in [9.17, 15) is 13.2 Å². The van der Waals surface area contributed by atoms with Crippen LogP contribution in [0.25, 0.3) is 22.3 Å². The summed E-state index contributed by atoms with van der Waals surface area (Å²) in [5.74, 6) is -2.36. The zero-order valence-electron chi connectivity index (χ0n) is 23.4. The van der Waals surface area contributed by atoms with Gasteiger partial charge >= 0.3 is 6.11 Å². The second-order valence-electron chi connectivity index (χ2n) is 10.6. The van der Waals surface area contributed by atoms with E-state index in [0.717, 1.165) is 43.9 Å². The molecule has 0 unspecified atom stereocenters. The molecule has 1 aliphatic rings.